The van der Waals surface area contributed by atoms with E-state index < -0.39 is 5.82 Å². The molecule has 4 nitrogen and oxygen atoms in total. The minimum Gasteiger partial charge on any atom is -0.383 e. The number of fused-ring (bicyclic) bond motifs is 1. The molecule has 3 rings (SSSR count). The van der Waals surface area contributed by atoms with E-state index in [2.05, 4.69) is 9.97 Å². The van der Waals surface area contributed by atoms with Crippen molar-refractivity contribution in [2.75, 3.05) is 5.73 Å². The zero-order valence-corrected chi connectivity index (χ0v) is 12.7. The fraction of sp³-hybridized carbons (Fsp3) is 0.200. The van der Waals surface area contributed by atoms with Crippen LogP contribution in [0.15, 0.2) is 18.2 Å². The van der Waals surface area contributed by atoms with E-state index in [1.54, 1.807) is 23.6 Å². The molecule has 6 heteroatoms. The Morgan fingerprint density at radius 1 is 1.19 bits per heavy atom. The van der Waals surface area contributed by atoms with Gasteiger partial charge in [-0.05, 0) is 38.5 Å². The van der Waals surface area contributed by atoms with Gasteiger partial charge in [-0.15, -0.1) is 0 Å². The highest BCUT2D eigenvalue weighted by molar-refractivity contribution is 6.30. The third-order valence-corrected chi connectivity index (χ3v) is 3.96. The molecule has 0 unspecified atom stereocenters. The molecule has 0 aliphatic heterocycles. The van der Waals surface area contributed by atoms with Crippen LogP contribution in [0.5, 0.6) is 0 Å². The zero-order valence-electron chi connectivity index (χ0n) is 11.9. The molecule has 0 aliphatic rings. The molecule has 0 fully saturated rings. The Balaban J connectivity index is 2.48. The van der Waals surface area contributed by atoms with Crippen molar-refractivity contribution in [3.63, 3.8) is 0 Å². The van der Waals surface area contributed by atoms with Gasteiger partial charge in [0.1, 0.15) is 11.6 Å². The SMILES string of the molecule is Cc1nc(N)c2c(C)c(C)n(-c3cccc(Cl)c3F)c2n1. The number of nitrogen functional groups attached to an aromatic ring is 1. The lowest BCUT2D eigenvalue weighted by molar-refractivity contribution is 0.618. The predicted molar refractivity (Wildman–Crippen MR) is 82.5 cm³/mol. The summed E-state index contributed by atoms with van der Waals surface area (Å²) in [7, 11) is 0. The van der Waals surface area contributed by atoms with Crippen LogP contribution in [0.1, 0.15) is 17.1 Å². The maximum atomic E-state index is 14.4. The average molecular weight is 305 g/mol. The Hall–Kier alpha value is -2.14. The molecule has 0 radical (unpaired) electrons. The molecule has 2 N–H and O–H groups in total. The van der Waals surface area contributed by atoms with Crippen LogP contribution >= 0.6 is 11.6 Å². The summed E-state index contributed by atoms with van der Waals surface area (Å²) in [6.45, 7) is 5.57. The van der Waals surface area contributed by atoms with Crippen molar-refractivity contribution in [2.24, 2.45) is 0 Å². The van der Waals surface area contributed by atoms with E-state index in [1.165, 1.54) is 6.07 Å². The second-order valence-electron chi connectivity index (χ2n) is 4.97. The number of hydrogen-bond donors (Lipinski definition) is 1. The normalized spacial score (nSPS) is 11.3. The van der Waals surface area contributed by atoms with Crippen LogP contribution in [-0.4, -0.2) is 14.5 Å². The third-order valence-electron chi connectivity index (χ3n) is 3.67. The first-order valence-electron chi connectivity index (χ1n) is 6.48. The summed E-state index contributed by atoms with van der Waals surface area (Å²) < 4.78 is 16.1. The minimum absolute atomic E-state index is 0.0742. The molecule has 0 aliphatic carbocycles. The first kappa shape index (κ1) is 13.8. The van der Waals surface area contributed by atoms with Crippen LogP contribution in [-0.2, 0) is 0 Å². The van der Waals surface area contributed by atoms with Gasteiger partial charge in [-0.1, -0.05) is 17.7 Å². The van der Waals surface area contributed by atoms with Crippen LogP contribution in [0.3, 0.4) is 0 Å². The quantitative estimate of drug-likeness (QED) is 0.745. The molecule has 0 bridgehead atoms. The van der Waals surface area contributed by atoms with Gasteiger partial charge >= 0.3 is 0 Å². The van der Waals surface area contributed by atoms with E-state index in [0.717, 1.165) is 16.6 Å². The van der Waals surface area contributed by atoms with E-state index >= 15 is 0 Å². The Bertz CT molecular complexity index is 870. The van der Waals surface area contributed by atoms with Crippen LogP contribution in [0.2, 0.25) is 5.02 Å². The van der Waals surface area contributed by atoms with E-state index in [-0.39, 0.29) is 5.02 Å². The first-order chi connectivity index (χ1) is 9.91. The summed E-state index contributed by atoms with van der Waals surface area (Å²) >= 11 is 5.89. The summed E-state index contributed by atoms with van der Waals surface area (Å²) in [6, 6.07) is 4.89. The number of halogens is 2. The molecule has 108 valence electrons. The summed E-state index contributed by atoms with van der Waals surface area (Å²) in [6.07, 6.45) is 0. The maximum Gasteiger partial charge on any atom is 0.165 e. The van der Waals surface area contributed by atoms with Crippen molar-refractivity contribution in [1.82, 2.24) is 14.5 Å². The van der Waals surface area contributed by atoms with Crippen molar-refractivity contribution in [1.29, 1.82) is 0 Å². The fourth-order valence-corrected chi connectivity index (χ4v) is 2.74. The van der Waals surface area contributed by atoms with Gasteiger partial charge in [-0.2, -0.15) is 0 Å². The van der Waals surface area contributed by atoms with Gasteiger partial charge in [-0.3, -0.25) is 4.57 Å². The summed E-state index contributed by atoms with van der Waals surface area (Å²) in [5, 5.41) is 0.822. The Kier molecular flexibility index (Phi) is 3.10. The molecule has 0 atom stereocenters. The molecule has 21 heavy (non-hydrogen) atoms. The maximum absolute atomic E-state index is 14.4. The molecule has 3 aromatic rings. The van der Waals surface area contributed by atoms with Crippen LogP contribution in [0.25, 0.3) is 16.7 Å². The van der Waals surface area contributed by atoms with Crippen LogP contribution in [0, 0.1) is 26.6 Å². The molecule has 0 spiro atoms. The molecule has 0 saturated carbocycles. The summed E-state index contributed by atoms with van der Waals surface area (Å²) in [5.41, 5.74) is 8.74. The largest absolute Gasteiger partial charge is 0.383 e. The second-order valence-corrected chi connectivity index (χ2v) is 5.38. The molecule has 2 heterocycles. The Morgan fingerprint density at radius 2 is 1.90 bits per heavy atom. The van der Waals surface area contributed by atoms with Gasteiger partial charge in [0, 0.05) is 5.69 Å². The number of benzene rings is 1. The number of nitrogens with two attached hydrogens (primary N) is 1. The lowest BCUT2D eigenvalue weighted by Gasteiger charge is -2.10. The number of rotatable bonds is 1. The van der Waals surface area contributed by atoms with Gasteiger partial charge < -0.3 is 5.73 Å². The van der Waals surface area contributed by atoms with E-state index in [1.807, 2.05) is 13.8 Å². The van der Waals surface area contributed by atoms with Gasteiger partial charge in [0.05, 0.1) is 16.1 Å². The Morgan fingerprint density at radius 3 is 2.62 bits per heavy atom. The number of nitrogens with zero attached hydrogens (tertiary/aromatic N) is 3. The summed E-state index contributed by atoms with van der Waals surface area (Å²) in [4.78, 5) is 8.61. The van der Waals surface area contributed by atoms with E-state index in [9.17, 15) is 4.39 Å². The van der Waals surface area contributed by atoms with Crippen molar-refractivity contribution >= 4 is 28.5 Å². The second kappa shape index (κ2) is 4.70. The lowest BCUT2D eigenvalue weighted by Crippen LogP contribution is -2.03. The topological polar surface area (TPSA) is 56.7 Å². The van der Waals surface area contributed by atoms with Crippen molar-refractivity contribution < 1.29 is 4.39 Å². The molecule has 2 aromatic heterocycles. The fourth-order valence-electron chi connectivity index (χ4n) is 2.57. The molecule has 1 aromatic carbocycles. The number of hydrogen-bond acceptors (Lipinski definition) is 3. The van der Waals surface area contributed by atoms with E-state index in [4.69, 9.17) is 17.3 Å². The highest BCUT2D eigenvalue weighted by atomic mass is 35.5. The number of aryl methyl sites for hydroxylation is 2. The smallest absolute Gasteiger partial charge is 0.165 e. The molecule has 0 amide bonds. The van der Waals surface area contributed by atoms with Gasteiger partial charge in [-0.25, -0.2) is 14.4 Å². The van der Waals surface area contributed by atoms with E-state index in [0.29, 0.717) is 23.0 Å². The van der Waals surface area contributed by atoms with Crippen LogP contribution in [0.4, 0.5) is 10.2 Å². The van der Waals surface area contributed by atoms with Gasteiger partial charge in [0.15, 0.2) is 11.5 Å². The van der Waals surface area contributed by atoms with Crippen molar-refractivity contribution in [3.8, 4) is 5.69 Å². The lowest BCUT2D eigenvalue weighted by atomic mass is 10.2. The average Bonchev–Trinajstić information content (AvgIpc) is 2.66. The van der Waals surface area contributed by atoms with Gasteiger partial charge in [0.2, 0.25) is 0 Å². The highest BCUT2D eigenvalue weighted by Crippen LogP contribution is 2.32. The standard InChI is InChI=1S/C15H14ClFN4/c1-7-8(2)21(11-6-4-5-10(16)13(11)17)15-12(7)14(18)19-9(3)20-15/h4-6H,1-3H3,(H2,18,19,20). The zero-order chi connectivity index (χ0) is 15.3. The van der Waals surface area contributed by atoms with Crippen molar-refractivity contribution in [2.45, 2.75) is 20.8 Å². The molecule has 0 saturated heterocycles. The Labute approximate surface area is 126 Å². The number of anilines is 1. The molecular formula is C15H14ClFN4. The minimum atomic E-state index is -0.478. The van der Waals surface area contributed by atoms with Crippen molar-refractivity contribution in [3.05, 3.63) is 46.1 Å². The number of aromatic nitrogens is 3. The predicted octanol–water partition coefficient (Wildman–Crippen LogP) is 3.72. The third kappa shape index (κ3) is 1.96. The monoisotopic (exact) mass is 304 g/mol. The summed E-state index contributed by atoms with van der Waals surface area (Å²) in [5.74, 6) is 0.467. The first-order valence-corrected chi connectivity index (χ1v) is 6.85. The highest BCUT2D eigenvalue weighted by Gasteiger charge is 2.20. The van der Waals surface area contributed by atoms with Gasteiger partial charge in [0.25, 0.3) is 0 Å². The molecular weight excluding hydrogens is 291 g/mol. The van der Waals surface area contributed by atoms with Crippen LogP contribution < -0.4 is 5.73 Å².